The molecule has 0 unspecified atom stereocenters. The molecule has 1 fully saturated rings. The largest absolute Gasteiger partial charge is 0.335 e. The van der Waals surface area contributed by atoms with Crippen molar-refractivity contribution in [2.45, 2.75) is 17.9 Å². The number of benzene rings is 2. The lowest BCUT2D eigenvalue weighted by Gasteiger charge is -2.35. The van der Waals surface area contributed by atoms with Crippen LogP contribution < -0.4 is 9.62 Å². The van der Waals surface area contributed by atoms with Crippen LogP contribution >= 0.6 is 22.9 Å². The van der Waals surface area contributed by atoms with E-state index in [-0.39, 0.29) is 29.8 Å². The molecule has 2 amide bonds. The predicted octanol–water partition coefficient (Wildman–Crippen LogP) is 4.23. The molecular formula is C24H24ClN5O4S2. The minimum atomic E-state index is -3.78. The molecule has 0 spiro atoms. The van der Waals surface area contributed by atoms with Crippen LogP contribution in [0.2, 0.25) is 5.02 Å². The summed E-state index contributed by atoms with van der Waals surface area (Å²) in [5.74, 6) is -0.395. The number of hydrogen-bond donors (Lipinski definition) is 1. The summed E-state index contributed by atoms with van der Waals surface area (Å²) in [6.07, 6.45) is 3.36. The Hall–Kier alpha value is -3.41. The maximum atomic E-state index is 13.2. The third kappa shape index (κ3) is 4.69. The van der Waals surface area contributed by atoms with Gasteiger partial charge >= 0.3 is 0 Å². The van der Waals surface area contributed by atoms with Gasteiger partial charge in [0, 0.05) is 43.0 Å². The van der Waals surface area contributed by atoms with Crippen LogP contribution in [-0.2, 0) is 19.6 Å². The van der Waals surface area contributed by atoms with E-state index in [9.17, 15) is 18.0 Å². The number of aromatic nitrogens is 2. The summed E-state index contributed by atoms with van der Waals surface area (Å²) in [4.78, 5) is 33.3. The Morgan fingerprint density at radius 1 is 1.17 bits per heavy atom. The van der Waals surface area contributed by atoms with E-state index in [2.05, 4.69) is 9.71 Å². The SMILES string of the molecule is C[C@@H](C(=O)N1CCN(c2ccc(S(=O)(=O)Nc3nccs3)cc2)C(=O)C1)n1ccc2ccc(Cl)cc21.[HH]. The van der Waals surface area contributed by atoms with Crippen LogP contribution in [0.5, 0.6) is 0 Å². The van der Waals surface area contributed by atoms with Crippen LogP contribution in [0.1, 0.15) is 14.4 Å². The molecule has 36 heavy (non-hydrogen) atoms. The number of rotatable bonds is 6. The van der Waals surface area contributed by atoms with Gasteiger partial charge in [0.05, 0.1) is 10.4 Å². The van der Waals surface area contributed by atoms with Crippen molar-refractivity contribution in [2.24, 2.45) is 0 Å². The molecule has 0 aliphatic carbocycles. The fourth-order valence-electron chi connectivity index (χ4n) is 4.23. The van der Waals surface area contributed by atoms with E-state index in [1.54, 1.807) is 40.3 Å². The Bertz CT molecular complexity index is 1540. The highest BCUT2D eigenvalue weighted by atomic mass is 35.5. The Kier molecular flexibility index (Phi) is 6.45. The first kappa shape index (κ1) is 24.3. The fraction of sp³-hybridized carbons (Fsp3) is 0.208. The van der Waals surface area contributed by atoms with Crippen molar-refractivity contribution < 1.29 is 19.4 Å². The molecule has 0 radical (unpaired) electrons. The third-order valence-electron chi connectivity index (χ3n) is 6.11. The lowest BCUT2D eigenvalue weighted by molar-refractivity contribution is -0.139. The van der Waals surface area contributed by atoms with E-state index >= 15 is 0 Å². The van der Waals surface area contributed by atoms with Gasteiger partial charge in [-0.3, -0.25) is 14.3 Å². The number of amides is 2. The number of anilines is 2. The quantitative estimate of drug-likeness (QED) is 0.390. The van der Waals surface area contributed by atoms with Gasteiger partial charge in [-0.05, 0) is 54.8 Å². The number of halogens is 1. The number of nitrogens with one attached hydrogen (secondary N) is 1. The van der Waals surface area contributed by atoms with Gasteiger partial charge in [0.15, 0.2) is 5.13 Å². The fourth-order valence-corrected chi connectivity index (χ4v) is 6.19. The van der Waals surface area contributed by atoms with Gasteiger partial charge in [0.1, 0.15) is 12.6 Å². The van der Waals surface area contributed by atoms with Gasteiger partial charge in [0.2, 0.25) is 11.8 Å². The Morgan fingerprint density at radius 2 is 1.94 bits per heavy atom. The molecule has 1 N–H and O–H groups in total. The summed E-state index contributed by atoms with van der Waals surface area (Å²) in [6, 6.07) is 13.0. The molecule has 1 aliphatic heterocycles. The van der Waals surface area contributed by atoms with E-state index in [0.29, 0.717) is 23.8 Å². The number of nitrogens with zero attached hydrogens (tertiary/aromatic N) is 4. The first-order chi connectivity index (χ1) is 17.2. The topological polar surface area (TPSA) is 105 Å². The first-order valence-electron chi connectivity index (χ1n) is 11.1. The second-order valence-electron chi connectivity index (χ2n) is 8.34. The standard InChI is InChI=1S/C24H22ClN5O4S2.H2/c1-16(29-10-8-17-2-3-18(25)14-21(17)29)23(32)28-11-12-30(22(31)15-28)19-4-6-20(7-5-19)36(33,34)27-24-26-9-13-35-24;/h2-10,13-14,16H,11-12,15H2,1H3,(H,26,27);1H/t16-;/m0./s1. The number of hydrogen-bond acceptors (Lipinski definition) is 6. The second-order valence-corrected chi connectivity index (χ2v) is 11.4. The van der Waals surface area contributed by atoms with Crippen LogP contribution in [0.4, 0.5) is 10.8 Å². The zero-order valence-corrected chi connectivity index (χ0v) is 21.6. The summed E-state index contributed by atoms with van der Waals surface area (Å²) in [7, 11) is -3.78. The minimum absolute atomic E-state index is 0. The Labute approximate surface area is 218 Å². The Morgan fingerprint density at radius 3 is 2.64 bits per heavy atom. The molecule has 5 rings (SSSR count). The minimum Gasteiger partial charge on any atom is -0.335 e. The van der Waals surface area contributed by atoms with E-state index in [1.807, 2.05) is 29.0 Å². The average Bonchev–Trinajstić information content (AvgIpc) is 3.52. The summed E-state index contributed by atoms with van der Waals surface area (Å²) in [5.41, 5.74) is 1.42. The number of piperazine rings is 1. The summed E-state index contributed by atoms with van der Waals surface area (Å²) in [6.45, 7) is 2.41. The zero-order valence-electron chi connectivity index (χ0n) is 19.2. The van der Waals surface area contributed by atoms with Crippen LogP contribution in [0.25, 0.3) is 10.9 Å². The van der Waals surface area contributed by atoms with Crippen LogP contribution in [0, 0.1) is 0 Å². The summed E-state index contributed by atoms with van der Waals surface area (Å²) >= 11 is 7.32. The van der Waals surface area contributed by atoms with Crippen molar-refractivity contribution in [1.29, 1.82) is 0 Å². The van der Waals surface area contributed by atoms with Gasteiger partial charge in [-0.2, -0.15) is 0 Å². The van der Waals surface area contributed by atoms with Gasteiger partial charge < -0.3 is 14.4 Å². The van der Waals surface area contributed by atoms with Crippen LogP contribution in [-0.4, -0.2) is 54.3 Å². The molecular weight excluding hydrogens is 522 g/mol. The molecule has 4 aromatic rings. The number of fused-ring (bicyclic) bond motifs is 1. The van der Waals surface area contributed by atoms with Crippen molar-refractivity contribution in [3.63, 3.8) is 0 Å². The zero-order chi connectivity index (χ0) is 25.4. The van der Waals surface area contributed by atoms with Crippen molar-refractivity contribution in [1.82, 2.24) is 14.5 Å². The van der Waals surface area contributed by atoms with Crippen molar-refractivity contribution in [3.05, 3.63) is 71.3 Å². The molecule has 188 valence electrons. The molecule has 0 saturated carbocycles. The molecule has 0 bridgehead atoms. The average molecular weight is 546 g/mol. The molecule has 1 aliphatic rings. The van der Waals surface area contributed by atoms with Gasteiger partial charge in [-0.1, -0.05) is 17.7 Å². The normalized spacial score (nSPS) is 15.3. The lowest BCUT2D eigenvalue weighted by atomic mass is 10.2. The molecule has 1 atom stereocenters. The highest BCUT2D eigenvalue weighted by Gasteiger charge is 2.31. The maximum absolute atomic E-state index is 13.2. The van der Waals surface area contributed by atoms with Crippen molar-refractivity contribution in [3.8, 4) is 0 Å². The van der Waals surface area contributed by atoms with E-state index in [1.165, 1.54) is 29.7 Å². The molecule has 9 nitrogen and oxygen atoms in total. The van der Waals surface area contributed by atoms with Gasteiger partial charge in [-0.15, -0.1) is 11.3 Å². The van der Waals surface area contributed by atoms with Gasteiger partial charge in [-0.25, -0.2) is 13.4 Å². The predicted molar refractivity (Wildman–Crippen MR) is 142 cm³/mol. The van der Waals surface area contributed by atoms with Crippen molar-refractivity contribution in [2.75, 3.05) is 29.3 Å². The third-order valence-corrected chi connectivity index (χ3v) is 8.51. The number of thiazole rings is 1. The lowest BCUT2D eigenvalue weighted by Crippen LogP contribution is -2.53. The van der Waals surface area contributed by atoms with E-state index < -0.39 is 16.1 Å². The number of sulfonamides is 1. The van der Waals surface area contributed by atoms with Gasteiger partial charge in [0.25, 0.3) is 10.0 Å². The summed E-state index contributed by atoms with van der Waals surface area (Å²) in [5, 5.41) is 3.52. The maximum Gasteiger partial charge on any atom is 0.263 e. The molecule has 1 saturated heterocycles. The summed E-state index contributed by atoms with van der Waals surface area (Å²) < 4.78 is 29.4. The smallest absolute Gasteiger partial charge is 0.263 e. The number of carbonyl (C=O) groups is 2. The highest BCUT2D eigenvalue weighted by Crippen LogP contribution is 2.26. The monoisotopic (exact) mass is 545 g/mol. The first-order valence-corrected chi connectivity index (χ1v) is 13.8. The molecule has 2 aromatic carbocycles. The van der Waals surface area contributed by atoms with Crippen LogP contribution in [0.3, 0.4) is 0 Å². The van der Waals surface area contributed by atoms with Crippen molar-refractivity contribution >= 4 is 66.5 Å². The second kappa shape index (κ2) is 9.57. The van der Waals surface area contributed by atoms with E-state index in [0.717, 1.165) is 10.9 Å². The molecule has 3 heterocycles. The van der Waals surface area contributed by atoms with Crippen LogP contribution in [0.15, 0.2) is 71.2 Å². The Balaban J connectivity index is 0.00000320. The van der Waals surface area contributed by atoms with E-state index in [4.69, 9.17) is 11.6 Å². The molecule has 12 heteroatoms. The molecule has 2 aromatic heterocycles. The highest BCUT2D eigenvalue weighted by molar-refractivity contribution is 7.93. The number of carbonyl (C=O) groups excluding carboxylic acids is 2.